The summed E-state index contributed by atoms with van der Waals surface area (Å²) < 4.78 is 26.1. The summed E-state index contributed by atoms with van der Waals surface area (Å²) in [5.41, 5.74) is 0. The van der Waals surface area contributed by atoms with Gasteiger partial charge in [0.05, 0.1) is 37.2 Å². The van der Waals surface area contributed by atoms with E-state index in [1.54, 1.807) is 0 Å². The van der Waals surface area contributed by atoms with Crippen molar-refractivity contribution < 1.29 is 18.9 Å². The van der Waals surface area contributed by atoms with E-state index in [-0.39, 0.29) is 0 Å². The maximum Gasteiger partial charge on any atom is 0.139 e. The zero-order valence-electron chi connectivity index (χ0n) is 25.1. The lowest BCUT2D eigenvalue weighted by molar-refractivity contribution is 0.276. The average Bonchev–Trinajstić information content (AvgIpc) is 2.85. The first-order chi connectivity index (χ1) is 18.2. The monoisotopic (exact) mass is 522 g/mol. The molecule has 3 aromatic carbocycles. The Bertz CT molecular complexity index is 1060. The van der Waals surface area contributed by atoms with Crippen molar-refractivity contribution >= 4 is 21.5 Å². The molecule has 0 spiro atoms. The van der Waals surface area contributed by atoms with Gasteiger partial charge in [0.2, 0.25) is 0 Å². The van der Waals surface area contributed by atoms with Gasteiger partial charge in [-0.2, -0.15) is 0 Å². The zero-order chi connectivity index (χ0) is 27.7. The minimum Gasteiger partial charge on any atom is -0.493 e. The molecule has 4 nitrogen and oxygen atoms in total. The summed E-state index contributed by atoms with van der Waals surface area (Å²) in [7, 11) is 0. The highest BCUT2D eigenvalue weighted by Gasteiger charge is 2.23. The van der Waals surface area contributed by atoms with Crippen molar-refractivity contribution in [3.05, 3.63) is 36.4 Å². The van der Waals surface area contributed by atoms with E-state index in [2.05, 4.69) is 91.8 Å². The molecule has 38 heavy (non-hydrogen) atoms. The molecule has 0 aliphatic rings. The summed E-state index contributed by atoms with van der Waals surface area (Å²) in [4.78, 5) is 0. The molecule has 0 N–H and O–H groups in total. The molecule has 3 rings (SSSR count). The molecule has 0 amide bonds. The van der Waals surface area contributed by atoms with Crippen LogP contribution in [0.2, 0.25) is 0 Å². The Labute approximate surface area is 231 Å². The molecule has 0 atom stereocenters. The number of fused-ring (bicyclic) bond motifs is 2. The topological polar surface area (TPSA) is 36.9 Å². The number of hydrogen-bond donors (Lipinski definition) is 0. The van der Waals surface area contributed by atoms with Crippen LogP contribution in [0.25, 0.3) is 21.5 Å². The molecule has 0 saturated heterocycles. The van der Waals surface area contributed by atoms with Crippen molar-refractivity contribution in [1.82, 2.24) is 0 Å². The SMILES string of the molecule is CC(C)CCOc1ccc(OCCC(C)C)c2c(OCCC(C)C)c3ccccc3c(OCCC(C)C)c12. The van der Waals surface area contributed by atoms with Gasteiger partial charge in [-0.15, -0.1) is 0 Å². The largest absolute Gasteiger partial charge is 0.493 e. The highest BCUT2D eigenvalue weighted by Crippen LogP contribution is 2.50. The van der Waals surface area contributed by atoms with Gasteiger partial charge >= 0.3 is 0 Å². The van der Waals surface area contributed by atoms with Gasteiger partial charge in [-0.1, -0.05) is 79.7 Å². The predicted octanol–water partition coefficient (Wildman–Crippen LogP) is 9.69. The fourth-order valence-corrected chi connectivity index (χ4v) is 4.31. The predicted molar refractivity (Wildman–Crippen MR) is 161 cm³/mol. The van der Waals surface area contributed by atoms with Crippen molar-refractivity contribution in [3.63, 3.8) is 0 Å². The Hall–Kier alpha value is -2.62. The van der Waals surface area contributed by atoms with Gasteiger partial charge in [0.1, 0.15) is 23.0 Å². The summed E-state index contributed by atoms with van der Waals surface area (Å²) in [6, 6.07) is 12.5. The van der Waals surface area contributed by atoms with Crippen LogP contribution in [0.3, 0.4) is 0 Å². The van der Waals surface area contributed by atoms with Crippen LogP contribution < -0.4 is 18.9 Å². The Morgan fingerprint density at radius 1 is 0.447 bits per heavy atom. The second-order valence-electron chi connectivity index (χ2n) is 12.1. The average molecular weight is 523 g/mol. The highest BCUT2D eigenvalue weighted by atomic mass is 16.5. The van der Waals surface area contributed by atoms with Crippen LogP contribution in [-0.2, 0) is 0 Å². The van der Waals surface area contributed by atoms with Gasteiger partial charge in [0.25, 0.3) is 0 Å². The van der Waals surface area contributed by atoms with Crippen LogP contribution in [-0.4, -0.2) is 26.4 Å². The molecule has 0 aliphatic carbocycles. The number of rotatable bonds is 16. The molecule has 0 unspecified atom stereocenters. The fourth-order valence-electron chi connectivity index (χ4n) is 4.31. The van der Waals surface area contributed by atoms with Crippen LogP contribution in [0.1, 0.15) is 81.1 Å². The third-order valence-corrected chi connectivity index (χ3v) is 6.79. The van der Waals surface area contributed by atoms with E-state index in [4.69, 9.17) is 18.9 Å². The summed E-state index contributed by atoms with van der Waals surface area (Å²) in [6.07, 6.45) is 3.94. The van der Waals surface area contributed by atoms with Crippen LogP contribution in [0.15, 0.2) is 36.4 Å². The molecule has 0 radical (unpaired) electrons. The smallest absolute Gasteiger partial charge is 0.139 e. The first-order valence-corrected chi connectivity index (χ1v) is 14.7. The molecule has 4 heteroatoms. The minimum atomic E-state index is 0.558. The van der Waals surface area contributed by atoms with E-state index in [1.807, 2.05) is 0 Å². The Morgan fingerprint density at radius 3 is 1.08 bits per heavy atom. The van der Waals surface area contributed by atoms with Crippen molar-refractivity contribution in [3.8, 4) is 23.0 Å². The maximum atomic E-state index is 6.62. The van der Waals surface area contributed by atoms with Gasteiger partial charge in [-0.25, -0.2) is 0 Å². The van der Waals surface area contributed by atoms with E-state index < -0.39 is 0 Å². The first kappa shape index (κ1) is 29.9. The molecular formula is C34H50O4. The van der Waals surface area contributed by atoms with Crippen molar-refractivity contribution in [2.45, 2.75) is 81.1 Å². The van der Waals surface area contributed by atoms with Crippen LogP contribution in [0.5, 0.6) is 23.0 Å². The maximum absolute atomic E-state index is 6.62. The molecule has 0 aliphatic heterocycles. The number of hydrogen-bond acceptors (Lipinski definition) is 4. The lowest BCUT2D eigenvalue weighted by Crippen LogP contribution is -2.08. The Kier molecular flexibility index (Phi) is 11.4. The van der Waals surface area contributed by atoms with Crippen LogP contribution in [0, 0.1) is 23.7 Å². The van der Waals surface area contributed by atoms with E-state index in [9.17, 15) is 0 Å². The Balaban J connectivity index is 2.26. The van der Waals surface area contributed by atoms with Gasteiger partial charge in [-0.05, 0) is 61.5 Å². The second-order valence-corrected chi connectivity index (χ2v) is 12.1. The number of benzene rings is 3. The lowest BCUT2D eigenvalue weighted by atomic mass is 9.98. The van der Waals surface area contributed by atoms with Gasteiger partial charge < -0.3 is 18.9 Å². The van der Waals surface area contributed by atoms with E-state index in [0.717, 1.165) is 70.2 Å². The standard InChI is InChI=1S/C34H50O4/c1-23(2)15-19-35-29-13-14-30(36-20-16-24(3)4)32-31(29)33(37-21-17-25(5)6)27-11-9-10-12-28(27)34(32)38-22-18-26(7)8/h9-14,23-26H,15-22H2,1-8H3. The van der Waals surface area contributed by atoms with Crippen LogP contribution >= 0.6 is 0 Å². The summed E-state index contributed by atoms with van der Waals surface area (Å²) in [6.45, 7) is 20.4. The van der Waals surface area contributed by atoms with E-state index >= 15 is 0 Å². The molecule has 0 heterocycles. The third kappa shape index (κ3) is 8.19. The second kappa shape index (κ2) is 14.5. The molecule has 0 aromatic heterocycles. The molecule has 210 valence electrons. The molecule has 3 aromatic rings. The van der Waals surface area contributed by atoms with Crippen LogP contribution in [0.4, 0.5) is 0 Å². The fraction of sp³-hybridized carbons (Fsp3) is 0.588. The lowest BCUT2D eigenvalue weighted by Gasteiger charge is -2.23. The summed E-state index contributed by atoms with van der Waals surface area (Å²) in [5, 5.41) is 4.02. The first-order valence-electron chi connectivity index (χ1n) is 14.7. The van der Waals surface area contributed by atoms with E-state index in [1.165, 1.54) is 0 Å². The van der Waals surface area contributed by atoms with Gasteiger partial charge in [0, 0.05) is 10.8 Å². The van der Waals surface area contributed by atoms with Gasteiger partial charge in [0.15, 0.2) is 0 Å². The third-order valence-electron chi connectivity index (χ3n) is 6.79. The summed E-state index contributed by atoms with van der Waals surface area (Å²) >= 11 is 0. The molecule has 0 bridgehead atoms. The minimum absolute atomic E-state index is 0.558. The molecule has 0 saturated carbocycles. The number of ether oxygens (including phenoxy) is 4. The van der Waals surface area contributed by atoms with Gasteiger partial charge in [-0.3, -0.25) is 0 Å². The van der Waals surface area contributed by atoms with E-state index in [0.29, 0.717) is 50.1 Å². The quantitative estimate of drug-likeness (QED) is 0.175. The molecule has 0 fully saturated rings. The normalized spacial score (nSPS) is 11.9. The van der Waals surface area contributed by atoms with Crippen molar-refractivity contribution in [1.29, 1.82) is 0 Å². The van der Waals surface area contributed by atoms with Crippen molar-refractivity contribution in [2.75, 3.05) is 26.4 Å². The summed E-state index contributed by atoms with van der Waals surface area (Å²) in [5.74, 6) is 5.63. The zero-order valence-corrected chi connectivity index (χ0v) is 25.1. The highest BCUT2D eigenvalue weighted by molar-refractivity contribution is 6.15. The Morgan fingerprint density at radius 2 is 0.763 bits per heavy atom. The van der Waals surface area contributed by atoms with Crippen molar-refractivity contribution in [2.24, 2.45) is 23.7 Å². The molecular weight excluding hydrogens is 472 g/mol.